The molecule has 2 rings (SSSR count). The summed E-state index contributed by atoms with van der Waals surface area (Å²) in [5.41, 5.74) is 0.778. The van der Waals surface area contributed by atoms with Gasteiger partial charge >= 0.3 is 5.97 Å². The van der Waals surface area contributed by atoms with Crippen molar-refractivity contribution in [2.75, 3.05) is 26.7 Å². The highest BCUT2D eigenvalue weighted by atomic mass is 16.5. The summed E-state index contributed by atoms with van der Waals surface area (Å²) in [5.74, 6) is 0.546. The third-order valence-electron chi connectivity index (χ3n) is 2.88. The molecule has 1 heterocycles. The summed E-state index contributed by atoms with van der Waals surface area (Å²) < 4.78 is 5.66. The Balaban J connectivity index is 1.85. The first kappa shape index (κ1) is 11.9. The van der Waals surface area contributed by atoms with Crippen molar-refractivity contribution >= 4 is 5.97 Å². The number of hydrogen-bond donors (Lipinski definition) is 1. The number of hydrogen-bond acceptors (Lipinski definition) is 3. The molecule has 1 aliphatic rings. The predicted molar refractivity (Wildman–Crippen MR) is 64.3 cm³/mol. The van der Waals surface area contributed by atoms with Crippen molar-refractivity contribution in [3.63, 3.8) is 0 Å². The van der Waals surface area contributed by atoms with Crippen LogP contribution in [-0.4, -0.2) is 42.7 Å². The van der Waals surface area contributed by atoms with E-state index < -0.39 is 5.97 Å². The molecule has 1 saturated heterocycles. The normalized spacial score (nSPS) is 16.5. The molecule has 4 nitrogen and oxygen atoms in total. The smallest absolute Gasteiger partial charge is 0.307 e. The van der Waals surface area contributed by atoms with Crippen molar-refractivity contribution in [1.82, 2.24) is 4.90 Å². The minimum Gasteiger partial charge on any atom is -0.493 e. The zero-order chi connectivity index (χ0) is 12.3. The Morgan fingerprint density at radius 3 is 2.94 bits per heavy atom. The summed E-state index contributed by atoms with van der Waals surface area (Å²) >= 11 is 0. The van der Waals surface area contributed by atoms with Gasteiger partial charge in [0.1, 0.15) is 5.75 Å². The molecule has 92 valence electrons. The molecule has 1 aromatic rings. The molecule has 0 aliphatic carbocycles. The fraction of sp³-hybridized carbons (Fsp3) is 0.462. The quantitative estimate of drug-likeness (QED) is 0.834. The number of carbonyl (C=O) groups is 1. The molecule has 0 bridgehead atoms. The van der Waals surface area contributed by atoms with Gasteiger partial charge in [0.15, 0.2) is 0 Å². The molecule has 1 aliphatic heterocycles. The lowest BCUT2D eigenvalue weighted by atomic mass is 10.0. The molecule has 0 saturated carbocycles. The molecule has 0 aromatic heterocycles. The number of ether oxygens (including phenoxy) is 1. The lowest BCUT2D eigenvalue weighted by molar-refractivity contribution is -0.136. The van der Waals surface area contributed by atoms with Gasteiger partial charge < -0.3 is 14.7 Å². The van der Waals surface area contributed by atoms with E-state index in [1.54, 1.807) is 12.1 Å². The van der Waals surface area contributed by atoms with E-state index in [1.807, 2.05) is 12.1 Å². The molecule has 17 heavy (non-hydrogen) atoms. The van der Waals surface area contributed by atoms with E-state index in [4.69, 9.17) is 9.84 Å². The van der Waals surface area contributed by atoms with Gasteiger partial charge in [0.25, 0.3) is 0 Å². The molecule has 0 radical (unpaired) electrons. The van der Waals surface area contributed by atoms with Crippen LogP contribution in [0.4, 0.5) is 0 Å². The van der Waals surface area contributed by atoms with Gasteiger partial charge in [-0.1, -0.05) is 12.1 Å². The first-order chi connectivity index (χ1) is 8.13. The van der Waals surface area contributed by atoms with Crippen LogP contribution in [0, 0.1) is 5.92 Å². The lowest BCUT2D eigenvalue weighted by Crippen LogP contribution is -2.46. The average molecular weight is 235 g/mol. The summed E-state index contributed by atoms with van der Waals surface area (Å²) in [6.07, 6.45) is 0.0450. The Kier molecular flexibility index (Phi) is 3.64. The van der Waals surface area contributed by atoms with Gasteiger partial charge in [-0.05, 0) is 24.7 Å². The first-order valence-corrected chi connectivity index (χ1v) is 5.75. The van der Waals surface area contributed by atoms with Crippen LogP contribution in [0.3, 0.4) is 0 Å². The second-order valence-corrected chi connectivity index (χ2v) is 4.62. The topological polar surface area (TPSA) is 49.8 Å². The van der Waals surface area contributed by atoms with Crippen molar-refractivity contribution in [2.24, 2.45) is 5.92 Å². The number of rotatable bonds is 5. The Morgan fingerprint density at radius 1 is 1.53 bits per heavy atom. The Bertz CT molecular complexity index is 399. The summed E-state index contributed by atoms with van der Waals surface area (Å²) in [6.45, 7) is 2.87. The van der Waals surface area contributed by atoms with E-state index in [2.05, 4.69) is 11.9 Å². The van der Waals surface area contributed by atoms with E-state index >= 15 is 0 Å². The lowest BCUT2D eigenvalue weighted by Gasteiger charge is -2.35. The van der Waals surface area contributed by atoms with Crippen LogP contribution >= 0.6 is 0 Å². The second-order valence-electron chi connectivity index (χ2n) is 4.62. The van der Waals surface area contributed by atoms with Crippen molar-refractivity contribution in [3.05, 3.63) is 29.8 Å². The van der Waals surface area contributed by atoms with Gasteiger partial charge in [-0.15, -0.1) is 0 Å². The van der Waals surface area contributed by atoms with Gasteiger partial charge in [-0.2, -0.15) is 0 Å². The maximum Gasteiger partial charge on any atom is 0.307 e. The molecule has 4 heteroatoms. The Labute approximate surface area is 101 Å². The van der Waals surface area contributed by atoms with E-state index in [1.165, 1.54) is 0 Å². The molecule has 1 N–H and O–H groups in total. The van der Waals surface area contributed by atoms with Crippen LogP contribution in [0.15, 0.2) is 24.3 Å². The van der Waals surface area contributed by atoms with Crippen molar-refractivity contribution in [2.45, 2.75) is 6.42 Å². The van der Waals surface area contributed by atoms with Crippen LogP contribution in [0.25, 0.3) is 0 Å². The van der Waals surface area contributed by atoms with Crippen LogP contribution < -0.4 is 4.74 Å². The maximum atomic E-state index is 10.6. The monoisotopic (exact) mass is 235 g/mol. The van der Waals surface area contributed by atoms with Gasteiger partial charge in [-0.25, -0.2) is 0 Å². The Hall–Kier alpha value is -1.55. The zero-order valence-corrected chi connectivity index (χ0v) is 9.93. The average Bonchev–Trinajstić information content (AvgIpc) is 2.22. The van der Waals surface area contributed by atoms with Crippen LogP contribution in [-0.2, 0) is 11.2 Å². The van der Waals surface area contributed by atoms with Crippen molar-refractivity contribution < 1.29 is 14.6 Å². The molecule has 0 unspecified atom stereocenters. The highest BCUT2D eigenvalue weighted by Gasteiger charge is 2.23. The van der Waals surface area contributed by atoms with Gasteiger partial charge in [0, 0.05) is 19.0 Å². The third-order valence-corrected chi connectivity index (χ3v) is 2.88. The summed E-state index contributed by atoms with van der Waals surface area (Å²) in [6, 6.07) is 7.31. The van der Waals surface area contributed by atoms with Crippen LogP contribution in [0.1, 0.15) is 5.56 Å². The zero-order valence-electron chi connectivity index (χ0n) is 9.93. The number of carboxylic acids is 1. The molecule has 0 amide bonds. The molecule has 0 atom stereocenters. The minimum atomic E-state index is -0.817. The minimum absolute atomic E-state index is 0.0450. The fourth-order valence-electron chi connectivity index (χ4n) is 2.07. The molecular formula is C13H17NO3. The molecule has 1 fully saturated rings. The highest BCUT2D eigenvalue weighted by molar-refractivity contribution is 5.70. The number of likely N-dealkylation sites (tertiary alicyclic amines) is 1. The summed E-state index contributed by atoms with van der Waals surface area (Å²) in [5, 5.41) is 8.71. The van der Waals surface area contributed by atoms with Crippen LogP contribution in [0.2, 0.25) is 0 Å². The first-order valence-electron chi connectivity index (χ1n) is 5.75. The van der Waals surface area contributed by atoms with Gasteiger partial charge in [-0.3, -0.25) is 4.79 Å². The summed E-state index contributed by atoms with van der Waals surface area (Å²) in [4.78, 5) is 12.8. The number of carboxylic acid groups (broad SMARTS) is 1. The van der Waals surface area contributed by atoms with Crippen molar-refractivity contribution in [3.8, 4) is 5.75 Å². The SMILES string of the molecule is CN1CC(COc2cccc(CC(=O)O)c2)C1. The standard InChI is InChI=1S/C13H17NO3/c1-14-7-11(8-14)9-17-12-4-2-3-10(5-12)6-13(15)16/h2-5,11H,6-9H2,1H3,(H,15,16). The highest BCUT2D eigenvalue weighted by Crippen LogP contribution is 2.18. The third kappa shape index (κ3) is 3.46. The van der Waals surface area contributed by atoms with E-state index in [-0.39, 0.29) is 6.42 Å². The number of nitrogens with zero attached hydrogens (tertiary/aromatic N) is 1. The van der Waals surface area contributed by atoms with E-state index in [0.29, 0.717) is 12.5 Å². The van der Waals surface area contributed by atoms with Gasteiger partial charge in [0.2, 0.25) is 0 Å². The molecular weight excluding hydrogens is 218 g/mol. The number of benzene rings is 1. The number of aliphatic carboxylic acids is 1. The van der Waals surface area contributed by atoms with E-state index in [9.17, 15) is 4.79 Å². The summed E-state index contributed by atoms with van der Waals surface area (Å²) in [7, 11) is 2.09. The Morgan fingerprint density at radius 2 is 2.29 bits per heavy atom. The maximum absolute atomic E-state index is 10.6. The van der Waals surface area contributed by atoms with Crippen molar-refractivity contribution in [1.29, 1.82) is 0 Å². The van der Waals surface area contributed by atoms with Crippen LogP contribution in [0.5, 0.6) is 5.75 Å². The van der Waals surface area contributed by atoms with E-state index in [0.717, 1.165) is 24.4 Å². The predicted octanol–water partition coefficient (Wildman–Crippen LogP) is 1.25. The van der Waals surface area contributed by atoms with Gasteiger partial charge in [0.05, 0.1) is 13.0 Å². The largest absolute Gasteiger partial charge is 0.493 e. The fourth-order valence-corrected chi connectivity index (χ4v) is 2.07. The molecule has 0 spiro atoms. The molecule has 1 aromatic carbocycles. The second kappa shape index (κ2) is 5.19.